The van der Waals surface area contributed by atoms with Crippen LogP contribution in [0.15, 0.2) is 27.4 Å². The fourth-order valence-electron chi connectivity index (χ4n) is 1.74. The lowest BCUT2D eigenvalue weighted by Gasteiger charge is -2.02. The first kappa shape index (κ1) is 15.0. The minimum Gasteiger partial charge on any atom is -0.388 e. The molecule has 1 atom stereocenters. The maximum absolute atomic E-state index is 11.1. The van der Waals surface area contributed by atoms with Crippen LogP contribution in [-0.4, -0.2) is 15.0 Å². The molecule has 0 saturated heterocycles. The average molecular weight is 310 g/mol. The van der Waals surface area contributed by atoms with Crippen molar-refractivity contribution in [1.82, 2.24) is 4.98 Å². The SMILES string of the molecule is Cc1cc(C)nc(Sc2sc([C@H](C)O)cc2[N+](=O)[O-])c1. The second kappa shape index (κ2) is 5.90. The molecule has 2 aromatic rings. The van der Waals surface area contributed by atoms with E-state index in [2.05, 4.69) is 4.98 Å². The average Bonchev–Trinajstić information content (AvgIpc) is 2.71. The number of aryl methyl sites for hydroxylation is 2. The number of hydrogen-bond acceptors (Lipinski definition) is 6. The highest BCUT2D eigenvalue weighted by Gasteiger charge is 2.22. The van der Waals surface area contributed by atoms with E-state index in [1.165, 1.54) is 29.2 Å². The number of pyridine rings is 1. The minimum atomic E-state index is -0.708. The highest BCUT2D eigenvalue weighted by molar-refractivity contribution is 8.01. The van der Waals surface area contributed by atoms with Crippen LogP contribution in [0, 0.1) is 24.0 Å². The first-order chi connectivity index (χ1) is 9.36. The number of aliphatic hydroxyl groups is 1. The van der Waals surface area contributed by atoms with Gasteiger partial charge in [-0.15, -0.1) is 11.3 Å². The molecule has 0 aliphatic rings. The Morgan fingerprint density at radius 2 is 2.10 bits per heavy atom. The summed E-state index contributed by atoms with van der Waals surface area (Å²) in [6, 6.07) is 5.28. The molecule has 5 nitrogen and oxygen atoms in total. The minimum absolute atomic E-state index is 0.0249. The monoisotopic (exact) mass is 310 g/mol. The topological polar surface area (TPSA) is 76.3 Å². The molecular formula is C13H14N2O3S2. The van der Waals surface area contributed by atoms with E-state index in [1.54, 1.807) is 6.92 Å². The standard InChI is InChI=1S/C13H14N2O3S2/c1-7-4-8(2)14-12(5-7)20-13-10(15(17)18)6-11(19-13)9(3)16/h4-6,9,16H,1-3H3/t9-/m0/s1. The summed E-state index contributed by atoms with van der Waals surface area (Å²) in [5, 5.41) is 21.4. The van der Waals surface area contributed by atoms with E-state index in [4.69, 9.17) is 0 Å². The smallest absolute Gasteiger partial charge is 0.294 e. The van der Waals surface area contributed by atoms with Crippen LogP contribution in [0.3, 0.4) is 0 Å². The van der Waals surface area contributed by atoms with E-state index in [1.807, 2.05) is 26.0 Å². The predicted molar refractivity (Wildman–Crippen MR) is 79.4 cm³/mol. The zero-order chi connectivity index (χ0) is 14.9. The zero-order valence-electron chi connectivity index (χ0n) is 11.3. The molecule has 2 aromatic heterocycles. The molecule has 1 N–H and O–H groups in total. The van der Waals surface area contributed by atoms with Gasteiger partial charge in [-0.05, 0) is 38.5 Å². The summed E-state index contributed by atoms with van der Waals surface area (Å²) >= 11 is 2.50. The van der Waals surface area contributed by atoms with Crippen LogP contribution >= 0.6 is 23.1 Å². The zero-order valence-corrected chi connectivity index (χ0v) is 12.9. The highest BCUT2D eigenvalue weighted by Crippen LogP contribution is 2.42. The lowest BCUT2D eigenvalue weighted by atomic mass is 10.3. The summed E-state index contributed by atoms with van der Waals surface area (Å²) in [4.78, 5) is 15.6. The molecule has 0 saturated carbocycles. The Balaban J connectivity index is 2.39. The molecule has 0 aromatic carbocycles. The summed E-state index contributed by atoms with van der Waals surface area (Å²) in [7, 11) is 0. The van der Waals surface area contributed by atoms with Gasteiger partial charge in [-0.3, -0.25) is 10.1 Å². The maximum Gasteiger partial charge on any atom is 0.294 e. The van der Waals surface area contributed by atoms with Gasteiger partial charge in [0.1, 0.15) is 9.24 Å². The Kier molecular flexibility index (Phi) is 4.42. The fourth-order valence-corrected chi connectivity index (χ4v) is 4.11. The van der Waals surface area contributed by atoms with Crippen molar-refractivity contribution in [2.75, 3.05) is 0 Å². The quantitative estimate of drug-likeness (QED) is 0.685. The van der Waals surface area contributed by atoms with Crippen molar-refractivity contribution in [3.05, 3.63) is 44.4 Å². The Morgan fingerprint density at radius 1 is 1.40 bits per heavy atom. The molecular weight excluding hydrogens is 296 g/mol. The molecule has 0 aliphatic carbocycles. The Morgan fingerprint density at radius 3 is 2.65 bits per heavy atom. The van der Waals surface area contributed by atoms with E-state index in [0.29, 0.717) is 9.09 Å². The van der Waals surface area contributed by atoms with Crippen molar-refractivity contribution in [2.24, 2.45) is 0 Å². The lowest BCUT2D eigenvalue weighted by Crippen LogP contribution is -1.89. The third-order valence-corrected chi connectivity index (χ3v) is 4.98. The maximum atomic E-state index is 11.1. The molecule has 20 heavy (non-hydrogen) atoms. The van der Waals surface area contributed by atoms with Crippen molar-refractivity contribution in [3.8, 4) is 0 Å². The number of aliphatic hydroxyl groups excluding tert-OH is 1. The van der Waals surface area contributed by atoms with Crippen LogP contribution in [0.5, 0.6) is 0 Å². The predicted octanol–water partition coefficient (Wildman–Crippen LogP) is 3.87. The second-order valence-electron chi connectivity index (χ2n) is 4.48. The third-order valence-electron chi connectivity index (χ3n) is 2.58. The Bertz CT molecular complexity index is 633. The van der Waals surface area contributed by atoms with E-state index in [-0.39, 0.29) is 5.69 Å². The van der Waals surface area contributed by atoms with Crippen LogP contribution < -0.4 is 0 Å². The summed E-state index contributed by atoms with van der Waals surface area (Å²) < 4.78 is 0.545. The molecule has 2 rings (SSSR count). The summed E-state index contributed by atoms with van der Waals surface area (Å²) in [6.45, 7) is 5.45. The number of nitrogens with zero attached hydrogens (tertiary/aromatic N) is 2. The number of nitro groups is 1. The van der Waals surface area contributed by atoms with E-state index in [0.717, 1.165) is 16.3 Å². The van der Waals surface area contributed by atoms with Gasteiger partial charge in [0.2, 0.25) is 0 Å². The van der Waals surface area contributed by atoms with Crippen molar-refractivity contribution in [1.29, 1.82) is 0 Å². The molecule has 7 heteroatoms. The van der Waals surface area contributed by atoms with E-state index >= 15 is 0 Å². The molecule has 0 radical (unpaired) electrons. The fraction of sp³-hybridized carbons (Fsp3) is 0.308. The first-order valence-electron chi connectivity index (χ1n) is 5.96. The molecule has 106 valence electrons. The number of rotatable bonds is 4. The van der Waals surface area contributed by atoms with Crippen molar-refractivity contribution in [2.45, 2.75) is 36.1 Å². The summed E-state index contributed by atoms with van der Waals surface area (Å²) in [5.41, 5.74) is 1.97. The van der Waals surface area contributed by atoms with Gasteiger partial charge < -0.3 is 5.11 Å². The van der Waals surface area contributed by atoms with Crippen LogP contribution in [0.2, 0.25) is 0 Å². The van der Waals surface area contributed by atoms with Crippen LogP contribution in [0.25, 0.3) is 0 Å². The Hall–Kier alpha value is -1.44. The van der Waals surface area contributed by atoms with Gasteiger partial charge in [0.25, 0.3) is 5.69 Å². The summed E-state index contributed by atoms with van der Waals surface area (Å²) in [5.74, 6) is 0. The molecule has 2 heterocycles. The van der Waals surface area contributed by atoms with Crippen LogP contribution in [0.4, 0.5) is 5.69 Å². The van der Waals surface area contributed by atoms with Crippen LogP contribution in [-0.2, 0) is 0 Å². The van der Waals surface area contributed by atoms with Gasteiger partial charge >= 0.3 is 0 Å². The van der Waals surface area contributed by atoms with Crippen molar-refractivity contribution < 1.29 is 10.0 Å². The Labute approximate surface area is 124 Å². The largest absolute Gasteiger partial charge is 0.388 e. The van der Waals surface area contributed by atoms with Gasteiger partial charge in [-0.1, -0.05) is 11.8 Å². The summed E-state index contributed by atoms with van der Waals surface area (Å²) in [6.07, 6.45) is -0.708. The van der Waals surface area contributed by atoms with E-state index < -0.39 is 11.0 Å². The van der Waals surface area contributed by atoms with E-state index in [9.17, 15) is 15.2 Å². The number of aromatic nitrogens is 1. The number of thiophene rings is 1. The van der Waals surface area contributed by atoms with Gasteiger partial charge in [-0.25, -0.2) is 4.98 Å². The molecule has 0 fully saturated rings. The molecule has 0 bridgehead atoms. The van der Waals surface area contributed by atoms with Gasteiger partial charge in [-0.2, -0.15) is 0 Å². The lowest BCUT2D eigenvalue weighted by molar-refractivity contribution is -0.387. The normalized spacial score (nSPS) is 12.4. The van der Waals surface area contributed by atoms with Crippen molar-refractivity contribution >= 4 is 28.8 Å². The first-order valence-corrected chi connectivity index (χ1v) is 7.59. The van der Waals surface area contributed by atoms with Crippen LogP contribution in [0.1, 0.15) is 29.2 Å². The van der Waals surface area contributed by atoms with Gasteiger partial charge in [0.05, 0.1) is 11.0 Å². The highest BCUT2D eigenvalue weighted by atomic mass is 32.2. The molecule has 0 unspecified atom stereocenters. The molecule has 0 amide bonds. The number of hydrogen-bond donors (Lipinski definition) is 1. The third kappa shape index (κ3) is 3.36. The molecule has 0 spiro atoms. The second-order valence-corrected chi connectivity index (χ2v) is 6.85. The van der Waals surface area contributed by atoms with Gasteiger partial charge in [0, 0.05) is 16.6 Å². The van der Waals surface area contributed by atoms with Gasteiger partial charge in [0.15, 0.2) is 0 Å². The molecule has 0 aliphatic heterocycles. The van der Waals surface area contributed by atoms with Crippen molar-refractivity contribution in [3.63, 3.8) is 0 Å².